The van der Waals surface area contributed by atoms with Crippen molar-refractivity contribution < 1.29 is 0 Å². The van der Waals surface area contributed by atoms with Crippen LogP contribution in [0.1, 0.15) is 65.2 Å². The quantitative estimate of drug-likeness (QED) is 0.137. The number of unbranched alkanes of at least 4 members (excludes halogenated alkanes) is 3. The number of nitrogens with one attached hydrogen (secondary N) is 6. The van der Waals surface area contributed by atoms with Crippen molar-refractivity contribution in [2.24, 2.45) is 0 Å². The summed E-state index contributed by atoms with van der Waals surface area (Å²) in [4.78, 5) is 0. The van der Waals surface area contributed by atoms with Crippen molar-refractivity contribution in [2.45, 2.75) is 65.2 Å². The smallest absolute Gasteiger partial charge is 0.166 e. The number of hydrogen-bond acceptors (Lipinski definition) is 4. The lowest BCUT2D eigenvalue weighted by molar-refractivity contribution is 0.551. The van der Waals surface area contributed by atoms with Crippen molar-refractivity contribution in [2.75, 3.05) is 52.4 Å². The molecule has 0 aromatic heterocycles. The SMILES string of the molecule is CCCNC(=S)NCCCNCCCCCCNCCCNC(=S)NCCC. The van der Waals surface area contributed by atoms with Crippen LogP contribution in [0, 0.1) is 0 Å². The van der Waals surface area contributed by atoms with Gasteiger partial charge in [0.15, 0.2) is 10.2 Å². The maximum absolute atomic E-state index is 5.18. The molecule has 166 valence electrons. The lowest BCUT2D eigenvalue weighted by Gasteiger charge is -2.10. The zero-order valence-corrected chi connectivity index (χ0v) is 19.8. The summed E-state index contributed by atoms with van der Waals surface area (Å²) < 4.78 is 0. The van der Waals surface area contributed by atoms with E-state index in [0.29, 0.717) is 0 Å². The van der Waals surface area contributed by atoms with Crippen LogP contribution in [0.5, 0.6) is 0 Å². The molecule has 0 saturated heterocycles. The first-order chi connectivity index (χ1) is 13.7. The number of hydrogen-bond donors (Lipinski definition) is 6. The Morgan fingerprint density at radius 2 is 0.821 bits per heavy atom. The fraction of sp³-hybridized carbons (Fsp3) is 0.900. The largest absolute Gasteiger partial charge is 0.363 e. The van der Waals surface area contributed by atoms with Crippen molar-refractivity contribution in [3.05, 3.63) is 0 Å². The summed E-state index contributed by atoms with van der Waals surface area (Å²) in [6.45, 7) is 12.4. The number of rotatable bonds is 19. The zero-order valence-electron chi connectivity index (χ0n) is 18.1. The molecule has 0 bridgehead atoms. The molecule has 0 aliphatic carbocycles. The molecule has 0 fully saturated rings. The topological polar surface area (TPSA) is 72.2 Å². The molecule has 0 aliphatic heterocycles. The third kappa shape index (κ3) is 21.6. The van der Waals surface area contributed by atoms with Gasteiger partial charge in [0.05, 0.1) is 0 Å². The predicted octanol–water partition coefficient (Wildman–Crippen LogP) is 2.25. The minimum Gasteiger partial charge on any atom is -0.363 e. The zero-order chi connectivity index (χ0) is 20.7. The van der Waals surface area contributed by atoms with Gasteiger partial charge in [-0.25, -0.2) is 0 Å². The van der Waals surface area contributed by atoms with Gasteiger partial charge in [0, 0.05) is 26.2 Å². The van der Waals surface area contributed by atoms with Gasteiger partial charge in [-0.3, -0.25) is 0 Å². The summed E-state index contributed by atoms with van der Waals surface area (Å²) in [5, 5.41) is 21.4. The number of thiocarbonyl (C=S) groups is 2. The summed E-state index contributed by atoms with van der Waals surface area (Å²) in [5.74, 6) is 0. The highest BCUT2D eigenvalue weighted by molar-refractivity contribution is 7.80. The highest BCUT2D eigenvalue weighted by Crippen LogP contribution is 1.97. The third-order valence-electron chi connectivity index (χ3n) is 4.16. The van der Waals surface area contributed by atoms with E-state index in [9.17, 15) is 0 Å². The molecule has 0 aromatic carbocycles. The van der Waals surface area contributed by atoms with E-state index in [2.05, 4.69) is 45.7 Å². The molecular formula is C20H44N6S2. The molecule has 0 rings (SSSR count). The predicted molar refractivity (Wildman–Crippen MR) is 131 cm³/mol. The summed E-state index contributed by atoms with van der Waals surface area (Å²) in [7, 11) is 0. The monoisotopic (exact) mass is 432 g/mol. The molecule has 0 radical (unpaired) electrons. The third-order valence-corrected chi connectivity index (χ3v) is 4.74. The van der Waals surface area contributed by atoms with Crippen LogP contribution in [0.2, 0.25) is 0 Å². The van der Waals surface area contributed by atoms with E-state index >= 15 is 0 Å². The molecule has 0 amide bonds. The second-order valence-corrected chi connectivity index (χ2v) is 7.80. The van der Waals surface area contributed by atoms with E-state index in [0.717, 1.165) is 88.3 Å². The van der Waals surface area contributed by atoms with Crippen molar-refractivity contribution in [1.29, 1.82) is 0 Å². The van der Waals surface area contributed by atoms with Crippen LogP contribution in [0.4, 0.5) is 0 Å². The van der Waals surface area contributed by atoms with Crippen LogP contribution >= 0.6 is 24.4 Å². The van der Waals surface area contributed by atoms with Crippen LogP contribution in [0.15, 0.2) is 0 Å². The standard InChI is InChI=1S/C20H44N6S2/c1-3-11-23-19(27)25-17-9-15-21-13-7-5-6-8-14-22-16-10-18-26-20(28)24-12-4-2/h21-22H,3-18H2,1-2H3,(H2,23,25,27)(H2,24,26,28). The van der Waals surface area contributed by atoms with Gasteiger partial charge in [-0.15, -0.1) is 0 Å². The highest BCUT2D eigenvalue weighted by atomic mass is 32.1. The minimum atomic E-state index is 0.777. The van der Waals surface area contributed by atoms with Gasteiger partial charge in [0.25, 0.3) is 0 Å². The summed E-state index contributed by atoms with van der Waals surface area (Å²) >= 11 is 10.4. The Balaban J connectivity index is 3.12. The first-order valence-corrected chi connectivity index (χ1v) is 12.0. The molecule has 0 aromatic rings. The first kappa shape index (κ1) is 27.3. The normalized spacial score (nSPS) is 10.5. The molecule has 6 N–H and O–H groups in total. The molecule has 6 nitrogen and oxygen atoms in total. The summed E-state index contributed by atoms with van der Waals surface area (Å²) in [5.41, 5.74) is 0. The Kier molecular flexibility index (Phi) is 22.0. The fourth-order valence-electron chi connectivity index (χ4n) is 2.54. The molecule has 0 heterocycles. The van der Waals surface area contributed by atoms with E-state index in [-0.39, 0.29) is 0 Å². The molecule has 0 atom stereocenters. The van der Waals surface area contributed by atoms with Crippen molar-refractivity contribution in [3.8, 4) is 0 Å². The van der Waals surface area contributed by atoms with E-state index < -0.39 is 0 Å². The van der Waals surface area contributed by atoms with Crippen molar-refractivity contribution in [1.82, 2.24) is 31.9 Å². The van der Waals surface area contributed by atoms with Crippen LogP contribution < -0.4 is 31.9 Å². The van der Waals surface area contributed by atoms with Crippen molar-refractivity contribution >= 4 is 34.7 Å². The highest BCUT2D eigenvalue weighted by Gasteiger charge is 1.95. The Morgan fingerprint density at radius 1 is 0.464 bits per heavy atom. The summed E-state index contributed by atoms with van der Waals surface area (Å²) in [6.07, 6.45) is 9.53. The van der Waals surface area contributed by atoms with Crippen LogP contribution in [-0.4, -0.2) is 62.6 Å². The molecule has 0 aliphatic rings. The fourth-order valence-corrected chi connectivity index (χ4v) is 2.94. The average Bonchev–Trinajstić information content (AvgIpc) is 2.70. The molecule has 28 heavy (non-hydrogen) atoms. The lowest BCUT2D eigenvalue weighted by atomic mass is 10.2. The Labute approximate surface area is 184 Å². The molecular weight excluding hydrogens is 388 g/mol. The van der Waals surface area contributed by atoms with Gasteiger partial charge in [0.1, 0.15) is 0 Å². The van der Waals surface area contributed by atoms with Crippen LogP contribution in [0.25, 0.3) is 0 Å². The van der Waals surface area contributed by atoms with Gasteiger partial charge >= 0.3 is 0 Å². The van der Waals surface area contributed by atoms with Gasteiger partial charge in [-0.05, 0) is 89.1 Å². The Hall–Kier alpha value is -0.700. The minimum absolute atomic E-state index is 0.777. The first-order valence-electron chi connectivity index (χ1n) is 11.2. The maximum atomic E-state index is 5.18. The van der Waals surface area contributed by atoms with Gasteiger partial charge in [0.2, 0.25) is 0 Å². The molecule has 0 spiro atoms. The van der Waals surface area contributed by atoms with Gasteiger partial charge in [-0.2, -0.15) is 0 Å². The second-order valence-electron chi connectivity index (χ2n) is 6.99. The molecule has 0 unspecified atom stereocenters. The maximum Gasteiger partial charge on any atom is 0.166 e. The van der Waals surface area contributed by atoms with Crippen LogP contribution in [0.3, 0.4) is 0 Å². The lowest BCUT2D eigenvalue weighted by Crippen LogP contribution is -2.37. The van der Waals surface area contributed by atoms with Crippen LogP contribution in [-0.2, 0) is 0 Å². The molecule has 8 heteroatoms. The molecule has 0 saturated carbocycles. The average molecular weight is 433 g/mol. The Bertz CT molecular complexity index is 335. The van der Waals surface area contributed by atoms with Crippen molar-refractivity contribution in [3.63, 3.8) is 0 Å². The van der Waals surface area contributed by atoms with E-state index in [4.69, 9.17) is 24.4 Å². The summed E-state index contributed by atoms with van der Waals surface area (Å²) in [6, 6.07) is 0. The van der Waals surface area contributed by atoms with Gasteiger partial charge in [-0.1, -0.05) is 26.7 Å². The van der Waals surface area contributed by atoms with E-state index in [1.807, 2.05) is 0 Å². The second kappa shape index (κ2) is 22.6. The van der Waals surface area contributed by atoms with Gasteiger partial charge < -0.3 is 31.9 Å². The van der Waals surface area contributed by atoms with E-state index in [1.54, 1.807) is 0 Å². The Morgan fingerprint density at radius 3 is 1.21 bits per heavy atom. The van der Waals surface area contributed by atoms with E-state index in [1.165, 1.54) is 25.7 Å².